The summed E-state index contributed by atoms with van der Waals surface area (Å²) in [6, 6.07) is 5.30. The number of hydrogen-bond donors (Lipinski definition) is 1. The molecule has 20 heavy (non-hydrogen) atoms. The van der Waals surface area contributed by atoms with Crippen LogP contribution >= 0.6 is 15.9 Å². The zero-order valence-corrected chi connectivity index (χ0v) is 14.8. The SMILES string of the molecule is CCCNC1CCN(c2cc(C)c(Br)c(C)c2)CC1C. The molecular formula is C17H27BrN2. The standard InChI is InChI=1S/C17H27BrN2/c1-5-7-19-16-6-8-20(11-14(16)4)15-9-12(2)17(18)13(3)10-15/h9-10,14,16,19H,5-8,11H2,1-4H3. The molecule has 0 bridgehead atoms. The van der Waals surface area contributed by atoms with Crippen molar-refractivity contribution < 1.29 is 0 Å². The van der Waals surface area contributed by atoms with Crippen molar-refractivity contribution in [2.45, 2.75) is 46.6 Å². The van der Waals surface area contributed by atoms with E-state index in [1.165, 1.54) is 34.1 Å². The zero-order valence-electron chi connectivity index (χ0n) is 13.2. The van der Waals surface area contributed by atoms with E-state index in [0.29, 0.717) is 12.0 Å². The summed E-state index contributed by atoms with van der Waals surface area (Å²) in [6.45, 7) is 12.4. The molecule has 2 nitrogen and oxygen atoms in total. The van der Waals surface area contributed by atoms with Gasteiger partial charge in [0.15, 0.2) is 0 Å². The first kappa shape index (κ1) is 15.8. The lowest BCUT2D eigenvalue weighted by molar-refractivity contribution is 0.322. The van der Waals surface area contributed by atoms with Gasteiger partial charge in [-0.1, -0.05) is 29.8 Å². The predicted molar refractivity (Wildman–Crippen MR) is 91.7 cm³/mol. The second-order valence-electron chi connectivity index (χ2n) is 6.17. The Morgan fingerprint density at radius 1 is 1.30 bits per heavy atom. The molecule has 0 aliphatic carbocycles. The van der Waals surface area contributed by atoms with Crippen molar-refractivity contribution in [2.24, 2.45) is 5.92 Å². The number of benzene rings is 1. The molecule has 1 aliphatic rings. The van der Waals surface area contributed by atoms with Gasteiger partial charge in [0.05, 0.1) is 0 Å². The summed E-state index contributed by atoms with van der Waals surface area (Å²) in [5.41, 5.74) is 4.04. The van der Waals surface area contributed by atoms with Crippen molar-refractivity contribution in [2.75, 3.05) is 24.5 Å². The molecule has 2 rings (SSSR count). The van der Waals surface area contributed by atoms with E-state index in [9.17, 15) is 0 Å². The number of aryl methyl sites for hydroxylation is 2. The Morgan fingerprint density at radius 2 is 1.95 bits per heavy atom. The molecule has 3 heteroatoms. The molecule has 1 fully saturated rings. The molecule has 0 spiro atoms. The normalized spacial score (nSPS) is 23.1. The third kappa shape index (κ3) is 3.56. The van der Waals surface area contributed by atoms with E-state index in [4.69, 9.17) is 0 Å². The highest BCUT2D eigenvalue weighted by atomic mass is 79.9. The maximum Gasteiger partial charge on any atom is 0.0372 e. The van der Waals surface area contributed by atoms with E-state index in [-0.39, 0.29) is 0 Å². The monoisotopic (exact) mass is 338 g/mol. The minimum absolute atomic E-state index is 0.684. The van der Waals surface area contributed by atoms with Crippen LogP contribution in [0.15, 0.2) is 16.6 Å². The van der Waals surface area contributed by atoms with Gasteiger partial charge in [-0.25, -0.2) is 0 Å². The molecule has 0 amide bonds. The highest BCUT2D eigenvalue weighted by Crippen LogP contribution is 2.30. The van der Waals surface area contributed by atoms with Gasteiger partial charge in [-0.3, -0.25) is 0 Å². The summed E-state index contributed by atoms with van der Waals surface area (Å²) in [5, 5.41) is 3.69. The third-order valence-electron chi connectivity index (χ3n) is 4.35. The average molecular weight is 339 g/mol. The molecule has 1 heterocycles. The average Bonchev–Trinajstić information content (AvgIpc) is 2.43. The van der Waals surface area contributed by atoms with Gasteiger partial charge in [-0.05, 0) is 62.4 Å². The number of hydrogen-bond acceptors (Lipinski definition) is 2. The Labute approximate surface area is 132 Å². The molecule has 2 unspecified atom stereocenters. The number of rotatable bonds is 4. The number of anilines is 1. The van der Waals surface area contributed by atoms with Crippen molar-refractivity contribution in [1.29, 1.82) is 0 Å². The van der Waals surface area contributed by atoms with E-state index in [1.54, 1.807) is 0 Å². The molecule has 0 aromatic heterocycles. The fourth-order valence-corrected chi connectivity index (χ4v) is 3.35. The van der Waals surface area contributed by atoms with Crippen molar-refractivity contribution in [3.63, 3.8) is 0 Å². The van der Waals surface area contributed by atoms with E-state index in [2.05, 4.69) is 66.0 Å². The van der Waals surface area contributed by atoms with Crippen molar-refractivity contribution >= 4 is 21.6 Å². The summed E-state index contributed by atoms with van der Waals surface area (Å²) < 4.78 is 1.24. The molecule has 2 atom stereocenters. The molecule has 0 saturated carbocycles. The summed E-state index contributed by atoms with van der Waals surface area (Å²) in [4.78, 5) is 2.54. The fraction of sp³-hybridized carbons (Fsp3) is 0.647. The van der Waals surface area contributed by atoms with E-state index in [0.717, 1.165) is 19.6 Å². The first-order chi connectivity index (χ1) is 9.52. The smallest absolute Gasteiger partial charge is 0.0372 e. The summed E-state index contributed by atoms with van der Waals surface area (Å²) in [7, 11) is 0. The van der Waals surface area contributed by atoms with Crippen LogP contribution in [0.4, 0.5) is 5.69 Å². The van der Waals surface area contributed by atoms with Crippen LogP contribution < -0.4 is 10.2 Å². The van der Waals surface area contributed by atoms with Crippen molar-refractivity contribution in [3.8, 4) is 0 Å². The first-order valence-electron chi connectivity index (χ1n) is 7.78. The van der Waals surface area contributed by atoms with Gasteiger partial charge in [0.2, 0.25) is 0 Å². The molecule has 1 saturated heterocycles. The van der Waals surface area contributed by atoms with Crippen molar-refractivity contribution in [3.05, 3.63) is 27.7 Å². The minimum Gasteiger partial charge on any atom is -0.371 e. The van der Waals surface area contributed by atoms with Gasteiger partial charge in [0.25, 0.3) is 0 Å². The molecule has 1 aromatic carbocycles. The molecule has 1 aromatic rings. The van der Waals surface area contributed by atoms with Crippen LogP contribution in [-0.2, 0) is 0 Å². The highest BCUT2D eigenvalue weighted by molar-refractivity contribution is 9.10. The Hall–Kier alpha value is -0.540. The molecule has 1 aliphatic heterocycles. The van der Waals surface area contributed by atoms with Crippen LogP contribution in [0.3, 0.4) is 0 Å². The van der Waals surface area contributed by atoms with Crippen LogP contribution in [-0.4, -0.2) is 25.7 Å². The summed E-state index contributed by atoms with van der Waals surface area (Å²) >= 11 is 3.66. The number of piperidine rings is 1. The Kier molecular flexibility index (Phi) is 5.50. The summed E-state index contributed by atoms with van der Waals surface area (Å²) in [6.07, 6.45) is 2.47. The second-order valence-corrected chi connectivity index (χ2v) is 6.96. The van der Waals surface area contributed by atoms with E-state index < -0.39 is 0 Å². The van der Waals surface area contributed by atoms with Crippen molar-refractivity contribution in [1.82, 2.24) is 5.32 Å². The minimum atomic E-state index is 0.684. The van der Waals surface area contributed by atoms with Crippen LogP contribution in [0, 0.1) is 19.8 Å². The molecule has 0 radical (unpaired) electrons. The van der Waals surface area contributed by atoms with E-state index in [1.807, 2.05) is 0 Å². The van der Waals surface area contributed by atoms with Gasteiger partial charge >= 0.3 is 0 Å². The lowest BCUT2D eigenvalue weighted by Gasteiger charge is -2.39. The number of halogens is 1. The van der Waals surface area contributed by atoms with Gasteiger partial charge in [0, 0.05) is 29.3 Å². The maximum absolute atomic E-state index is 3.69. The van der Waals surface area contributed by atoms with Gasteiger partial charge in [0.1, 0.15) is 0 Å². The Morgan fingerprint density at radius 3 is 2.50 bits per heavy atom. The number of nitrogens with zero attached hydrogens (tertiary/aromatic N) is 1. The van der Waals surface area contributed by atoms with Crippen LogP contribution in [0.1, 0.15) is 37.8 Å². The Balaban J connectivity index is 2.05. The maximum atomic E-state index is 3.69. The third-order valence-corrected chi connectivity index (χ3v) is 5.60. The van der Waals surface area contributed by atoms with Crippen LogP contribution in [0.2, 0.25) is 0 Å². The largest absolute Gasteiger partial charge is 0.371 e. The highest BCUT2D eigenvalue weighted by Gasteiger charge is 2.25. The molecule has 1 N–H and O–H groups in total. The fourth-order valence-electron chi connectivity index (χ4n) is 3.12. The van der Waals surface area contributed by atoms with Crippen LogP contribution in [0.25, 0.3) is 0 Å². The van der Waals surface area contributed by atoms with E-state index >= 15 is 0 Å². The number of nitrogens with one attached hydrogen (secondary N) is 1. The zero-order chi connectivity index (χ0) is 14.7. The summed E-state index contributed by atoms with van der Waals surface area (Å²) in [5.74, 6) is 0.708. The van der Waals surface area contributed by atoms with Gasteiger partial charge in [-0.15, -0.1) is 0 Å². The lowest BCUT2D eigenvalue weighted by Crippen LogP contribution is -2.48. The predicted octanol–water partition coefficient (Wildman–Crippen LogP) is 4.28. The molecule has 112 valence electrons. The quantitative estimate of drug-likeness (QED) is 0.881. The van der Waals surface area contributed by atoms with Gasteiger partial charge in [-0.2, -0.15) is 0 Å². The first-order valence-corrected chi connectivity index (χ1v) is 8.57. The van der Waals surface area contributed by atoms with Crippen LogP contribution in [0.5, 0.6) is 0 Å². The van der Waals surface area contributed by atoms with Gasteiger partial charge < -0.3 is 10.2 Å². The lowest BCUT2D eigenvalue weighted by atomic mass is 9.93. The molecular weight excluding hydrogens is 312 g/mol. The Bertz CT molecular complexity index is 435. The second kappa shape index (κ2) is 6.95. The topological polar surface area (TPSA) is 15.3 Å².